The number of nitrogens with one attached hydrogen (secondary N) is 2. The van der Waals surface area contributed by atoms with E-state index in [1.165, 1.54) is 64.2 Å². The van der Waals surface area contributed by atoms with E-state index in [2.05, 4.69) is 10.0 Å². The molecule has 0 spiro atoms. The molecular formula is C25H37N3O2S2. The van der Waals surface area contributed by atoms with Crippen molar-refractivity contribution < 1.29 is 8.42 Å². The van der Waals surface area contributed by atoms with Crippen LogP contribution in [0.2, 0.25) is 0 Å². The SMILES string of the molecule is Cc1ccc(-c2sc(NC3CCCCC3)nc2C)cc1S(=O)(=O)NCCC1CCCCC1. The topological polar surface area (TPSA) is 71.1 Å². The molecule has 0 unspecified atom stereocenters. The monoisotopic (exact) mass is 475 g/mol. The molecule has 4 rings (SSSR count). The molecule has 0 atom stereocenters. The molecule has 1 heterocycles. The second kappa shape index (κ2) is 10.7. The van der Waals surface area contributed by atoms with Crippen molar-refractivity contribution in [3.8, 4) is 10.4 Å². The van der Waals surface area contributed by atoms with Crippen LogP contribution in [0.15, 0.2) is 23.1 Å². The van der Waals surface area contributed by atoms with E-state index in [1.54, 1.807) is 11.3 Å². The standard InChI is InChI=1S/C25H37N3O2S2/c1-18-13-14-21(24-19(2)27-25(31-24)28-22-11-7-4-8-12-22)17-23(18)32(29,30)26-16-15-20-9-5-3-6-10-20/h13-14,17,20,22,26H,3-12,15-16H2,1-2H3,(H,27,28). The van der Waals surface area contributed by atoms with Crippen LogP contribution in [0.3, 0.4) is 0 Å². The van der Waals surface area contributed by atoms with Crippen molar-refractivity contribution in [2.75, 3.05) is 11.9 Å². The highest BCUT2D eigenvalue weighted by Crippen LogP contribution is 2.36. The van der Waals surface area contributed by atoms with Gasteiger partial charge in [0, 0.05) is 12.6 Å². The largest absolute Gasteiger partial charge is 0.359 e. The van der Waals surface area contributed by atoms with Gasteiger partial charge in [0.25, 0.3) is 0 Å². The molecular weight excluding hydrogens is 438 g/mol. The van der Waals surface area contributed by atoms with Crippen LogP contribution in [0, 0.1) is 19.8 Å². The molecule has 2 N–H and O–H groups in total. The number of anilines is 1. The molecule has 2 fully saturated rings. The molecule has 0 amide bonds. The first-order chi connectivity index (χ1) is 15.4. The van der Waals surface area contributed by atoms with E-state index in [9.17, 15) is 8.42 Å². The van der Waals surface area contributed by atoms with Crippen LogP contribution in [-0.2, 0) is 10.0 Å². The van der Waals surface area contributed by atoms with Crippen molar-refractivity contribution in [2.24, 2.45) is 5.92 Å². The molecule has 1 aromatic heterocycles. The molecule has 7 heteroatoms. The Hall–Kier alpha value is -1.44. The minimum Gasteiger partial charge on any atom is -0.359 e. The van der Waals surface area contributed by atoms with Crippen LogP contribution in [-0.4, -0.2) is 26.0 Å². The fourth-order valence-electron chi connectivity index (χ4n) is 5.13. The minimum absolute atomic E-state index is 0.383. The maximum absolute atomic E-state index is 13.1. The van der Waals surface area contributed by atoms with E-state index in [4.69, 9.17) is 4.98 Å². The lowest BCUT2D eigenvalue weighted by molar-refractivity contribution is 0.339. The summed E-state index contributed by atoms with van der Waals surface area (Å²) in [6, 6.07) is 6.26. The highest BCUT2D eigenvalue weighted by atomic mass is 32.2. The van der Waals surface area contributed by atoms with Crippen molar-refractivity contribution in [1.29, 1.82) is 0 Å². The predicted molar refractivity (Wildman–Crippen MR) is 134 cm³/mol. The summed E-state index contributed by atoms with van der Waals surface area (Å²) in [6.45, 7) is 4.40. The third kappa shape index (κ3) is 5.91. The van der Waals surface area contributed by atoms with Gasteiger partial charge in [0.15, 0.2) is 5.13 Å². The van der Waals surface area contributed by atoms with E-state index in [-0.39, 0.29) is 0 Å². The van der Waals surface area contributed by atoms with Gasteiger partial charge in [-0.15, -0.1) is 0 Å². The van der Waals surface area contributed by atoms with E-state index >= 15 is 0 Å². The van der Waals surface area contributed by atoms with Crippen molar-refractivity contribution in [2.45, 2.75) is 95.4 Å². The zero-order valence-corrected chi connectivity index (χ0v) is 21.1. The van der Waals surface area contributed by atoms with Gasteiger partial charge in [-0.1, -0.05) is 74.8 Å². The van der Waals surface area contributed by atoms with E-state index in [1.807, 2.05) is 32.0 Å². The van der Waals surface area contributed by atoms with Gasteiger partial charge >= 0.3 is 0 Å². The molecule has 2 aliphatic rings. The maximum Gasteiger partial charge on any atom is 0.240 e. The Labute approximate surface area is 197 Å². The molecule has 5 nitrogen and oxygen atoms in total. The normalized spacial score (nSPS) is 18.7. The van der Waals surface area contributed by atoms with Crippen LogP contribution in [0.1, 0.15) is 81.9 Å². The molecule has 0 radical (unpaired) electrons. The quantitative estimate of drug-likeness (QED) is 0.462. The van der Waals surface area contributed by atoms with E-state index in [0.29, 0.717) is 23.4 Å². The first-order valence-electron chi connectivity index (χ1n) is 12.3. The number of benzene rings is 1. The number of thiazole rings is 1. The predicted octanol–water partition coefficient (Wildman–Crippen LogP) is 6.42. The van der Waals surface area contributed by atoms with Crippen LogP contribution >= 0.6 is 11.3 Å². The third-order valence-corrected chi connectivity index (χ3v) is 9.78. The molecule has 176 valence electrons. The van der Waals surface area contributed by atoms with Crippen LogP contribution in [0.25, 0.3) is 10.4 Å². The number of aryl methyl sites for hydroxylation is 2. The summed E-state index contributed by atoms with van der Waals surface area (Å²) >= 11 is 1.63. The van der Waals surface area contributed by atoms with Gasteiger partial charge in [0.1, 0.15) is 0 Å². The van der Waals surface area contributed by atoms with Crippen molar-refractivity contribution in [3.63, 3.8) is 0 Å². The summed E-state index contributed by atoms with van der Waals surface area (Å²) < 4.78 is 29.1. The smallest absolute Gasteiger partial charge is 0.240 e. The Morgan fingerprint density at radius 3 is 2.41 bits per heavy atom. The molecule has 32 heavy (non-hydrogen) atoms. The van der Waals surface area contributed by atoms with Crippen LogP contribution in [0.4, 0.5) is 5.13 Å². The van der Waals surface area contributed by atoms with Crippen LogP contribution < -0.4 is 10.0 Å². The fourth-order valence-corrected chi connectivity index (χ4v) is 7.49. The summed E-state index contributed by atoms with van der Waals surface area (Å²) in [5.74, 6) is 0.661. The summed E-state index contributed by atoms with van der Waals surface area (Å²) in [6.07, 6.45) is 13.6. The zero-order valence-electron chi connectivity index (χ0n) is 19.5. The minimum atomic E-state index is -3.53. The lowest BCUT2D eigenvalue weighted by atomic mass is 9.87. The summed E-state index contributed by atoms with van der Waals surface area (Å²) in [4.78, 5) is 6.17. The zero-order chi connectivity index (χ0) is 22.6. The van der Waals surface area contributed by atoms with Gasteiger partial charge in [-0.05, 0) is 56.2 Å². The maximum atomic E-state index is 13.1. The Balaban J connectivity index is 1.47. The van der Waals surface area contributed by atoms with Crippen molar-refractivity contribution in [1.82, 2.24) is 9.71 Å². The number of nitrogens with zero attached hydrogens (tertiary/aromatic N) is 1. The Bertz CT molecular complexity index is 1000. The lowest BCUT2D eigenvalue weighted by Crippen LogP contribution is -2.27. The highest BCUT2D eigenvalue weighted by Gasteiger charge is 2.21. The van der Waals surface area contributed by atoms with Crippen LogP contribution in [0.5, 0.6) is 0 Å². The Morgan fingerprint density at radius 2 is 1.69 bits per heavy atom. The Morgan fingerprint density at radius 1 is 1.00 bits per heavy atom. The summed E-state index contributed by atoms with van der Waals surface area (Å²) in [5.41, 5.74) is 2.65. The molecule has 2 aromatic rings. The van der Waals surface area contributed by atoms with Gasteiger partial charge in [-0.2, -0.15) is 0 Å². The average molecular weight is 476 g/mol. The first kappa shape index (κ1) is 23.7. The second-order valence-electron chi connectivity index (χ2n) is 9.58. The number of aromatic nitrogens is 1. The lowest BCUT2D eigenvalue weighted by Gasteiger charge is -2.22. The van der Waals surface area contributed by atoms with Gasteiger partial charge in [-0.25, -0.2) is 18.1 Å². The highest BCUT2D eigenvalue weighted by molar-refractivity contribution is 7.89. The molecule has 0 aliphatic heterocycles. The number of rotatable bonds is 8. The van der Waals surface area contributed by atoms with E-state index < -0.39 is 10.0 Å². The second-order valence-corrected chi connectivity index (χ2v) is 12.3. The number of sulfonamides is 1. The van der Waals surface area contributed by atoms with Gasteiger partial charge < -0.3 is 5.32 Å². The number of hydrogen-bond donors (Lipinski definition) is 2. The average Bonchev–Trinajstić information content (AvgIpc) is 3.15. The van der Waals surface area contributed by atoms with Crippen molar-refractivity contribution >= 4 is 26.5 Å². The molecule has 0 bridgehead atoms. The Kier molecular flexibility index (Phi) is 7.90. The number of hydrogen-bond acceptors (Lipinski definition) is 5. The summed E-state index contributed by atoms with van der Waals surface area (Å²) in [5, 5.41) is 4.55. The molecule has 2 aliphatic carbocycles. The molecule has 1 aromatic carbocycles. The van der Waals surface area contributed by atoms with Crippen molar-refractivity contribution in [3.05, 3.63) is 29.5 Å². The van der Waals surface area contributed by atoms with Gasteiger partial charge in [0.05, 0.1) is 15.5 Å². The van der Waals surface area contributed by atoms with E-state index in [0.717, 1.165) is 33.3 Å². The summed E-state index contributed by atoms with van der Waals surface area (Å²) in [7, 11) is -3.53. The third-order valence-electron chi connectivity index (χ3n) is 7.04. The first-order valence-corrected chi connectivity index (χ1v) is 14.6. The van der Waals surface area contributed by atoms with Gasteiger partial charge in [-0.3, -0.25) is 0 Å². The molecule has 2 saturated carbocycles. The fraction of sp³-hybridized carbons (Fsp3) is 0.640. The molecule has 0 saturated heterocycles. The van der Waals surface area contributed by atoms with Gasteiger partial charge in [0.2, 0.25) is 10.0 Å².